The van der Waals surface area contributed by atoms with Gasteiger partial charge < -0.3 is 24.8 Å². The predicted octanol–water partition coefficient (Wildman–Crippen LogP) is 6.63. The molecule has 2 saturated heterocycles. The zero-order valence-electron chi connectivity index (χ0n) is 25.4. The molecule has 0 radical (unpaired) electrons. The highest BCUT2D eigenvalue weighted by molar-refractivity contribution is 6.32. The van der Waals surface area contributed by atoms with Crippen molar-refractivity contribution in [3.63, 3.8) is 0 Å². The number of benzene rings is 2. The Morgan fingerprint density at radius 2 is 2.02 bits per heavy atom. The van der Waals surface area contributed by atoms with Gasteiger partial charge in [0, 0.05) is 48.6 Å². The fourth-order valence-electron chi connectivity index (χ4n) is 5.52. The van der Waals surface area contributed by atoms with Crippen molar-refractivity contribution in [1.82, 2.24) is 14.9 Å². The third-order valence-corrected chi connectivity index (χ3v) is 8.21. The molecule has 1 atom stereocenters. The van der Waals surface area contributed by atoms with Crippen LogP contribution in [0.2, 0.25) is 5.02 Å². The van der Waals surface area contributed by atoms with Crippen LogP contribution in [-0.4, -0.2) is 59.7 Å². The van der Waals surface area contributed by atoms with E-state index in [1.54, 1.807) is 36.5 Å². The Balaban J connectivity index is 1.26. The summed E-state index contributed by atoms with van der Waals surface area (Å²) in [4.78, 5) is 24.2. The van der Waals surface area contributed by atoms with Gasteiger partial charge in [0.15, 0.2) is 0 Å². The van der Waals surface area contributed by atoms with Crippen LogP contribution in [0.3, 0.4) is 0 Å². The first kappa shape index (κ1) is 31.3. The number of nitrogens with one attached hydrogen (secondary N) is 2. The van der Waals surface area contributed by atoms with Crippen LogP contribution in [0, 0.1) is 11.3 Å². The van der Waals surface area contributed by atoms with Crippen LogP contribution < -0.4 is 20.1 Å². The Hall–Kier alpha value is -4.69. The lowest BCUT2D eigenvalue weighted by atomic mass is 10.1. The minimum atomic E-state index is -0.268. The molecule has 0 bridgehead atoms. The van der Waals surface area contributed by atoms with Crippen LogP contribution in [0.1, 0.15) is 36.9 Å². The highest BCUT2D eigenvalue weighted by Gasteiger charge is 2.21. The highest BCUT2D eigenvalue weighted by atomic mass is 35.5. The van der Waals surface area contributed by atoms with E-state index in [2.05, 4.69) is 31.6 Å². The molecule has 0 spiro atoms. The number of hydrogen-bond donors (Lipinski definition) is 2. The molecule has 2 aliphatic rings. The van der Waals surface area contributed by atoms with Crippen molar-refractivity contribution < 1.29 is 19.0 Å². The molecule has 10 nitrogen and oxygen atoms in total. The van der Waals surface area contributed by atoms with E-state index in [4.69, 9.17) is 25.8 Å². The third-order valence-electron chi connectivity index (χ3n) is 7.91. The normalized spacial score (nSPS) is 16.7. The highest BCUT2D eigenvalue weighted by Crippen LogP contribution is 2.38. The summed E-state index contributed by atoms with van der Waals surface area (Å²) >= 11 is 6.58. The quantitative estimate of drug-likeness (QED) is 0.174. The summed E-state index contributed by atoms with van der Waals surface area (Å²) in [7, 11) is 0. The van der Waals surface area contributed by atoms with Crippen LogP contribution in [-0.2, 0) is 16.1 Å². The number of carbonyl (C=O) groups excluding carboxylic acids is 1. The number of piperidine rings is 1. The number of rotatable bonds is 11. The third kappa shape index (κ3) is 7.93. The summed E-state index contributed by atoms with van der Waals surface area (Å²) in [6.45, 7) is 4.19. The van der Waals surface area contributed by atoms with Crippen molar-refractivity contribution in [3.8, 4) is 17.6 Å². The van der Waals surface area contributed by atoms with Gasteiger partial charge in [0.05, 0.1) is 46.4 Å². The van der Waals surface area contributed by atoms with E-state index >= 15 is 0 Å². The average molecular weight is 639 g/mol. The van der Waals surface area contributed by atoms with Crippen LogP contribution in [0.25, 0.3) is 10.9 Å². The second kappa shape index (κ2) is 15.1. The lowest BCUT2D eigenvalue weighted by molar-refractivity contribution is -0.111. The van der Waals surface area contributed by atoms with E-state index in [0.717, 1.165) is 31.7 Å². The number of amides is 1. The van der Waals surface area contributed by atoms with Gasteiger partial charge in [-0.1, -0.05) is 30.2 Å². The topological polar surface area (TPSA) is 122 Å². The van der Waals surface area contributed by atoms with Gasteiger partial charge in [0.1, 0.15) is 30.3 Å². The van der Waals surface area contributed by atoms with Gasteiger partial charge in [-0.15, -0.1) is 0 Å². The first-order chi connectivity index (χ1) is 22.6. The summed E-state index contributed by atoms with van der Waals surface area (Å²) in [6.07, 6.45) is 10.9. The van der Waals surface area contributed by atoms with Crippen molar-refractivity contribution in [1.29, 1.82) is 5.26 Å². The number of pyridine rings is 2. The zero-order chi connectivity index (χ0) is 31.7. The Bertz CT molecular complexity index is 1750. The van der Waals surface area contributed by atoms with Gasteiger partial charge in [-0.2, -0.15) is 5.26 Å². The molecule has 2 aromatic carbocycles. The smallest absolute Gasteiger partial charge is 0.248 e. The molecule has 11 heteroatoms. The predicted molar refractivity (Wildman–Crippen MR) is 178 cm³/mol. The fraction of sp³-hybridized carbons (Fsp3) is 0.314. The lowest BCUT2D eigenvalue weighted by Gasteiger charge is -2.24. The molecule has 2 N–H and O–H groups in total. The SMILES string of the molecule is N#Cc1cnc2cc(O[C@H]3CCOC3)c(NC(=O)C=CCN3CCCCC3)cc2c1Nc1ccc(OCc2ccccn2)c(Cl)c1. The molecule has 236 valence electrons. The summed E-state index contributed by atoms with van der Waals surface area (Å²) in [5.41, 5.74) is 3.35. The molecule has 46 heavy (non-hydrogen) atoms. The maximum absolute atomic E-state index is 13.1. The van der Waals surface area contributed by atoms with E-state index in [9.17, 15) is 10.1 Å². The van der Waals surface area contributed by atoms with E-state index in [1.165, 1.54) is 25.5 Å². The molecular weight excluding hydrogens is 604 g/mol. The largest absolute Gasteiger partial charge is 0.486 e. The first-order valence-corrected chi connectivity index (χ1v) is 15.8. The van der Waals surface area contributed by atoms with Crippen LogP contribution in [0.5, 0.6) is 11.5 Å². The molecule has 2 aromatic heterocycles. The molecule has 0 unspecified atom stereocenters. The van der Waals surface area contributed by atoms with Crippen LogP contribution in [0.15, 0.2) is 73.1 Å². The summed E-state index contributed by atoms with van der Waals surface area (Å²) in [5, 5.41) is 17.4. The van der Waals surface area contributed by atoms with Crippen molar-refractivity contribution >= 4 is 45.5 Å². The van der Waals surface area contributed by atoms with Gasteiger partial charge in [-0.25, -0.2) is 0 Å². The first-order valence-electron chi connectivity index (χ1n) is 15.5. The Morgan fingerprint density at radius 1 is 1.13 bits per heavy atom. The number of nitrogens with zero attached hydrogens (tertiary/aromatic N) is 4. The zero-order valence-corrected chi connectivity index (χ0v) is 26.1. The number of anilines is 3. The summed E-state index contributed by atoms with van der Waals surface area (Å²) < 4.78 is 17.7. The molecule has 0 aliphatic carbocycles. The molecule has 4 aromatic rings. The standard InChI is InChI=1S/C35H35ClN6O4/c36-29-17-25(9-10-32(29)45-22-26-7-2-3-12-38-26)40-35-24(20-37)21-39-30-19-33(46-27-11-16-44-23-27)31(18-28(30)35)41-34(43)8-6-15-42-13-4-1-5-14-42/h2-3,6-10,12,17-19,21,27H,1,4-5,11,13-16,22-23H2,(H,39,40)(H,41,43)/t27-/m0/s1. The van der Waals surface area contributed by atoms with E-state index in [0.29, 0.717) is 63.3 Å². The van der Waals surface area contributed by atoms with Crippen molar-refractivity contribution in [3.05, 3.63) is 89.4 Å². The van der Waals surface area contributed by atoms with Gasteiger partial charge in [0.25, 0.3) is 0 Å². The number of halogens is 1. The van der Waals surface area contributed by atoms with E-state index < -0.39 is 0 Å². The number of likely N-dealkylation sites (tertiary alicyclic amines) is 1. The molecular formula is C35H35ClN6O4. The van der Waals surface area contributed by atoms with Crippen molar-refractivity contribution in [2.45, 2.75) is 38.4 Å². The Kier molecular flexibility index (Phi) is 10.2. The Labute approximate surface area is 272 Å². The van der Waals surface area contributed by atoms with Crippen LogP contribution in [0.4, 0.5) is 17.1 Å². The summed E-state index contributed by atoms with van der Waals surface area (Å²) in [5.74, 6) is 0.728. The fourth-order valence-corrected chi connectivity index (χ4v) is 5.76. The number of fused-ring (bicyclic) bond motifs is 1. The Morgan fingerprint density at radius 3 is 2.78 bits per heavy atom. The second-order valence-electron chi connectivity index (χ2n) is 11.3. The molecule has 4 heterocycles. The summed E-state index contributed by atoms with van der Waals surface area (Å²) in [6, 6.07) is 16.7. The molecule has 1 amide bonds. The van der Waals surface area contributed by atoms with E-state index in [1.807, 2.05) is 30.3 Å². The van der Waals surface area contributed by atoms with Crippen molar-refractivity contribution in [2.75, 3.05) is 43.5 Å². The lowest BCUT2D eigenvalue weighted by Crippen LogP contribution is -2.29. The van der Waals surface area contributed by atoms with Gasteiger partial charge >= 0.3 is 0 Å². The maximum Gasteiger partial charge on any atom is 0.248 e. The maximum atomic E-state index is 13.1. The number of hydrogen-bond acceptors (Lipinski definition) is 9. The number of carbonyl (C=O) groups is 1. The minimum absolute atomic E-state index is 0.140. The molecule has 2 fully saturated rings. The molecule has 6 rings (SSSR count). The minimum Gasteiger partial charge on any atom is -0.486 e. The number of nitriles is 1. The van der Waals surface area contributed by atoms with Gasteiger partial charge in [-0.05, 0) is 62.3 Å². The number of aromatic nitrogens is 2. The van der Waals surface area contributed by atoms with Gasteiger partial charge in [0.2, 0.25) is 5.91 Å². The second-order valence-corrected chi connectivity index (χ2v) is 11.7. The molecule has 0 saturated carbocycles. The monoisotopic (exact) mass is 638 g/mol. The molecule has 2 aliphatic heterocycles. The number of ether oxygens (including phenoxy) is 3. The average Bonchev–Trinajstić information content (AvgIpc) is 3.59. The van der Waals surface area contributed by atoms with E-state index in [-0.39, 0.29) is 18.6 Å². The van der Waals surface area contributed by atoms with Crippen molar-refractivity contribution in [2.24, 2.45) is 0 Å². The van der Waals surface area contributed by atoms with Gasteiger partial charge in [-0.3, -0.25) is 19.7 Å². The van der Waals surface area contributed by atoms with Crippen LogP contribution >= 0.6 is 11.6 Å².